The lowest BCUT2D eigenvalue weighted by Gasteiger charge is -2.25. The van der Waals surface area contributed by atoms with Crippen LogP contribution in [-0.4, -0.2) is 24.3 Å². The Balaban J connectivity index is 4.33. The summed E-state index contributed by atoms with van der Waals surface area (Å²) in [6.45, 7) is 7.76. The molecule has 0 aromatic rings. The highest BCUT2D eigenvalue weighted by molar-refractivity contribution is 5.91. The van der Waals surface area contributed by atoms with Gasteiger partial charge in [0.2, 0.25) is 5.91 Å². The zero-order chi connectivity index (χ0) is 13.5. The average molecular weight is 242 g/mol. The molecule has 0 aliphatic carbocycles. The summed E-state index contributed by atoms with van der Waals surface area (Å²) in [5.41, 5.74) is 5.00. The molecule has 0 aliphatic rings. The van der Waals surface area contributed by atoms with Gasteiger partial charge in [0.15, 0.2) is 5.78 Å². The number of rotatable bonds is 7. The number of carbonyl (C=O) groups is 2. The van der Waals surface area contributed by atoms with E-state index < -0.39 is 5.41 Å². The summed E-state index contributed by atoms with van der Waals surface area (Å²) >= 11 is 0. The molecule has 0 spiro atoms. The molecule has 100 valence electrons. The minimum atomic E-state index is -0.416. The maximum atomic E-state index is 12.1. The standard InChI is InChI=1S/C13H26N2O2/c1-10(16)15-11(8-6-5-7-9-14)12(17)13(2,3)4/h11H,5-9,14H2,1-4H3,(H,15,16)/t11-/m0/s1. The molecule has 0 saturated heterocycles. The molecule has 0 heterocycles. The fourth-order valence-corrected chi connectivity index (χ4v) is 1.71. The number of nitrogens with two attached hydrogens (primary N) is 1. The van der Waals surface area contributed by atoms with Crippen molar-refractivity contribution in [1.29, 1.82) is 0 Å². The summed E-state index contributed by atoms with van der Waals surface area (Å²) in [5.74, 6) is -0.0492. The zero-order valence-electron chi connectivity index (χ0n) is 11.5. The van der Waals surface area contributed by atoms with Crippen molar-refractivity contribution in [2.45, 2.75) is 59.4 Å². The first-order chi connectivity index (χ1) is 7.79. The summed E-state index contributed by atoms with van der Waals surface area (Å²) < 4.78 is 0. The molecule has 4 heteroatoms. The van der Waals surface area contributed by atoms with Gasteiger partial charge in [0.25, 0.3) is 0 Å². The average Bonchev–Trinajstić information content (AvgIpc) is 2.19. The van der Waals surface area contributed by atoms with Gasteiger partial charge in [-0.1, -0.05) is 33.6 Å². The van der Waals surface area contributed by atoms with E-state index in [1.165, 1.54) is 6.92 Å². The molecular weight excluding hydrogens is 216 g/mol. The van der Waals surface area contributed by atoms with E-state index in [0.29, 0.717) is 13.0 Å². The van der Waals surface area contributed by atoms with Gasteiger partial charge in [0.1, 0.15) is 0 Å². The second-order valence-electron chi connectivity index (χ2n) is 5.51. The second kappa shape index (κ2) is 7.43. The Morgan fingerprint density at radius 2 is 1.76 bits per heavy atom. The first kappa shape index (κ1) is 16.1. The van der Waals surface area contributed by atoms with E-state index in [-0.39, 0.29) is 17.7 Å². The van der Waals surface area contributed by atoms with Gasteiger partial charge >= 0.3 is 0 Å². The Labute approximate surface area is 104 Å². The Kier molecular flexibility index (Phi) is 7.04. The number of hydrogen-bond acceptors (Lipinski definition) is 3. The first-order valence-corrected chi connectivity index (χ1v) is 6.30. The number of hydrogen-bond donors (Lipinski definition) is 2. The molecule has 1 amide bonds. The lowest BCUT2D eigenvalue weighted by molar-refractivity contribution is -0.132. The Morgan fingerprint density at radius 1 is 1.18 bits per heavy atom. The molecule has 0 bridgehead atoms. The van der Waals surface area contributed by atoms with Crippen molar-refractivity contribution < 1.29 is 9.59 Å². The van der Waals surface area contributed by atoms with Gasteiger partial charge in [-0.3, -0.25) is 9.59 Å². The molecular formula is C13H26N2O2. The molecule has 3 N–H and O–H groups in total. The van der Waals surface area contributed by atoms with Gasteiger partial charge in [0, 0.05) is 12.3 Å². The molecule has 0 aromatic heterocycles. The lowest BCUT2D eigenvalue weighted by atomic mass is 9.84. The molecule has 0 unspecified atom stereocenters. The van der Waals surface area contributed by atoms with Gasteiger partial charge < -0.3 is 11.1 Å². The molecule has 0 radical (unpaired) electrons. The van der Waals surface area contributed by atoms with Gasteiger partial charge in [-0.2, -0.15) is 0 Å². The summed E-state index contributed by atoms with van der Waals surface area (Å²) in [6, 6.07) is -0.356. The normalized spacial score (nSPS) is 13.2. The van der Waals surface area contributed by atoms with Gasteiger partial charge in [0.05, 0.1) is 6.04 Å². The Bertz CT molecular complexity index is 257. The van der Waals surface area contributed by atoms with E-state index in [0.717, 1.165) is 19.3 Å². The maximum Gasteiger partial charge on any atom is 0.217 e. The highest BCUT2D eigenvalue weighted by Crippen LogP contribution is 2.19. The predicted molar refractivity (Wildman–Crippen MR) is 69.6 cm³/mol. The fraction of sp³-hybridized carbons (Fsp3) is 0.846. The maximum absolute atomic E-state index is 12.1. The minimum Gasteiger partial charge on any atom is -0.347 e. The van der Waals surface area contributed by atoms with Crippen LogP contribution in [0.25, 0.3) is 0 Å². The van der Waals surface area contributed by atoms with Gasteiger partial charge in [-0.05, 0) is 19.4 Å². The highest BCUT2D eigenvalue weighted by atomic mass is 16.2. The summed E-state index contributed by atoms with van der Waals surface area (Å²) in [6.07, 6.45) is 3.60. The van der Waals surface area contributed by atoms with E-state index in [1.54, 1.807) is 0 Å². The van der Waals surface area contributed by atoms with Crippen LogP contribution >= 0.6 is 0 Å². The van der Waals surface area contributed by atoms with E-state index >= 15 is 0 Å². The van der Waals surface area contributed by atoms with E-state index in [9.17, 15) is 9.59 Å². The fourth-order valence-electron chi connectivity index (χ4n) is 1.71. The number of unbranched alkanes of at least 4 members (excludes halogenated alkanes) is 2. The quantitative estimate of drug-likeness (QED) is 0.666. The van der Waals surface area contributed by atoms with Crippen LogP contribution in [0.3, 0.4) is 0 Å². The van der Waals surface area contributed by atoms with Crippen LogP contribution < -0.4 is 11.1 Å². The predicted octanol–water partition coefficient (Wildman–Crippen LogP) is 1.63. The van der Waals surface area contributed by atoms with Crippen LogP contribution in [0.1, 0.15) is 53.4 Å². The molecule has 0 rings (SSSR count). The third kappa shape index (κ3) is 7.10. The molecule has 0 aliphatic heterocycles. The molecule has 17 heavy (non-hydrogen) atoms. The molecule has 0 aromatic carbocycles. The molecule has 4 nitrogen and oxygen atoms in total. The largest absolute Gasteiger partial charge is 0.347 e. The number of carbonyl (C=O) groups excluding carboxylic acids is 2. The highest BCUT2D eigenvalue weighted by Gasteiger charge is 2.29. The third-order valence-electron chi connectivity index (χ3n) is 2.63. The van der Waals surface area contributed by atoms with Crippen LogP contribution in [0.15, 0.2) is 0 Å². The van der Waals surface area contributed by atoms with Crippen LogP contribution in [-0.2, 0) is 9.59 Å². The van der Waals surface area contributed by atoms with Gasteiger partial charge in [-0.25, -0.2) is 0 Å². The summed E-state index contributed by atoms with van der Waals surface area (Å²) in [7, 11) is 0. The Hall–Kier alpha value is -0.900. The van der Waals surface area contributed by atoms with Crippen molar-refractivity contribution in [3.8, 4) is 0 Å². The van der Waals surface area contributed by atoms with Crippen molar-refractivity contribution >= 4 is 11.7 Å². The minimum absolute atomic E-state index is 0.0976. The van der Waals surface area contributed by atoms with Crippen molar-refractivity contribution in [3.63, 3.8) is 0 Å². The number of Topliss-reactive ketones (excluding diaryl/α,β-unsaturated/α-hetero) is 1. The monoisotopic (exact) mass is 242 g/mol. The van der Waals surface area contributed by atoms with Crippen molar-refractivity contribution in [2.24, 2.45) is 11.1 Å². The number of nitrogens with one attached hydrogen (secondary N) is 1. The number of ketones is 1. The topological polar surface area (TPSA) is 72.2 Å². The van der Waals surface area contributed by atoms with E-state index in [1.807, 2.05) is 20.8 Å². The molecule has 0 saturated carbocycles. The SMILES string of the molecule is CC(=O)N[C@@H](CCCCCN)C(=O)C(C)(C)C. The van der Waals surface area contributed by atoms with Crippen LogP contribution in [0.2, 0.25) is 0 Å². The second-order valence-corrected chi connectivity index (χ2v) is 5.51. The van der Waals surface area contributed by atoms with Crippen LogP contribution in [0, 0.1) is 5.41 Å². The Morgan fingerprint density at radius 3 is 2.18 bits per heavy atom. The lowest BCUT2D eigenvalue weighted by Crippen LogP contribution is -2.44. The summed E-state index contributed by atoms with van der Waals surface area (Å²) in [5, 5.41) is 2.74. The van der Waals surface area contributed by atoms with Crippen molar-refractivity contribution in [2.75, 3.05) is 6.54 Å². The smallest absolute Gasteiger partial charge is 0.217 e. The van der Waals surface area contributed by atoms with E-state index in [4.69, 9.17) is 5.73 Å². The first-order valence-electron chi connectivity index (χ1n) is 6.30. The van der Waals surface area contributed by atoms with E-state index in [2.05, 4.69) is 5.32 Å². The van der Waals surface area contributed by atoms with Crippen LogP contribution in [0.4, 0.5) is 0 Å². The van der Waals surface area contributed by atoms with Crippen LogP contribution in [0.5, 0.6) is 0 Å². The molecule has 1 atom stereocenters. The van der Waals surface area contributed by atoms with Crippen molar-refractivity contribution in [1.82, 2.24) is 5.32 Å². The third-order valence-corrected chi connectivity index (χ3v) is 2.63. The van der Waals surface area contributed by atoms with Crippen molar-refractivity contribution in [3.05, 3.63) is 0 Å². The van der Waals surface area contributed by atoms with Gasteiger partial charge in [-0.15, -0.1) is 0 Å². The summed E-state index contributed by atoms with van der Waals surface area (Å²) in [4.78, 5) is 23.2. The number of amides is 1. The molecule has 0 fully saturated rings. The zero-order valence-corrected chi connectivity index (χ0v) is 11.5.